The van der Waals surface area contributed by atoms with Crippen LogP contribution in [-0.2, 0) is 37.6 Å². The second-order valence-electron chi connectivity index (χ2n) is 15.7. The zero-order chi connectivity index (χ0) is 34.4. The minimum atomic E-state index is -0.608. The molecule has 0 spiro atoms. The van der Waals surface area contributed by atoms with Crippen LogP contribution in [0.5, 0.6) is 17.4 Å². The van der Waals surface area contributed by atoms with Crippen molar-refractivity contribution in [2.45, 2.75) is 92.2 Å². The van der Waals surface area contributed by atoms with Crippen LogP contribution >= 0.6 is 0 Å². The first-order valence-electron chi connectivity index (χ1n) is 16.8. The first-order valence-corrected chi connectivity index (χ1v) is 16.8. The molecule has 0 bridgehead atoms. The molecule has 1 N–H and O–H groups in total. The van der Waals surface area contributed by atoms with Crippen molar-refractivity contribution in [3.8, 4) is 28.5 Å². The number of phenolic OH excluding ortho intramolecular Hbond substituents is 1. The summed E-state index contributed by atoms with van der Waals surface area (Å²) in [5, 5.41) is 11.5. The van der Waals surface area contributed by atoms with E-state index in [2.05, 4.69) is 116 Å². The Morgan fingerprint density at radius 1 is 0.857 bits per heavy atom. The molecule has 0 amide bonds. The molecule has 5 nitrogen and oxygen atoms in total. The van der Waals surface area contributed by atoms with Crippen molar-refractivity contribution < 1.29 is 35.6 Å². The second-order valence-corrected chi connectivity index (χ2v) is 15.7. The SMILES string of the molecule is Cc1cc(C)c(-c2cc(Oc3ccc4cc(C)cc(O)c4n3)[c-]c(C3=N[C@@]4(C)C(C)(C)c5ccccc5C[C@@]4(C(C)(C)C)O3)c2)c(C)c1.[Pt]. The number of aliphatic imine (C=N–C) groups is 1. The van der Waals surface area contributed by atoms with E-state index in [4.69, 9.17) is 14.5 Å². The number of aryl methyl sites for hydroxylation is 4. The number of phenols is 1. The summed E-state index contributed by atoms with van der Waals surface area (Å²) in [6, 6.07) is 28.3. The van der Waals surface area contributed by atoms with E-state index in [-0.39, 0.29) is 37.6 Å². The van der Waals surface area contributed by atoms with Gasteiger partial charge in [0.15, 0.2) is 0 Å². The number of aromatic nitrogens is 1. The van der Waals surface area contributed by atoms with Gasteiger partial charge in [0.1, 0.15) is 22.8 Å². The first-order chi connectivity index (χ1) is 22.5. The fraction of sp³-hybridized carbons (Fsp3) is 0.349. The third kappa shape index (κ3) is 5.40. The fourth-order valence-corrected chi connectivity index (χ4v) is 8.52. The number of hydrogen-bond donors (Lipinski definition) is 1. The van der Waals surface area contributed by atoms with Crippen molar-refractivity contribution in [3.05, 3.63) is 118 Å². The summed E-state index contributed by atoms with van der Waals surface area (Å²) >= 11 is 0. The average Bonchev–Trinajstić information content (AvgIpc) is 3.32. The van der Waals surface area contributed by atoms with Crippen LogP contribution in [0.3, 0.4) is 0 Å². The molecule has 5 aromatic rings. The van der Waals surface area contributed by atoms with E-state index in [1.165, 1.54) is 27.8 Å². The number of fused-ring (bicyclic) bond motifs is 3. The molecular weight excluding hydrogens is 788 g/mol. The molecule has 49 heavy (non-hydrogen) atoms. The minimum absolute atomic E-state index is 0. The van der Waals surface area contributed by atoms with Gasteiger partial charge >= 0.3 is 0 Å². The van der Waals surface area contributed by atoms with Crippen molar-refractivity contribution in [1.82, 2.24) is 4.98 Å². The summed E-state index contributed by atoms with van der Waals surface area (Å²) in [5.41, 5.74) is 8.79. The van der Waals surface area contributed by atoms with Crippen LogP contribution in [0, 0.1) is 39.2 Å². The molecule has 256 valence electrons. The van der Waals surface area contributed by atoms with Crippen LogP contribution in [0.4, 0.5) is 0 Å². The summed E-state index contributed by atoms with van der Waals surface area (Å²) in [5.74, 6) is 1.57. The summed E-state index contributed by atoms with van der Waals surface area (Å²) in [4.78, 5) is 10.3. The largest absolute Gasteiger partial charge is 0.510 e. The standard InChI is InChI=1S/C43H45N2O3.Pt/c1-25-17-27(3)37(28(4)18-25)31-21-32(23-33(22-31)47-36-16-15-29-19-26(2)20-35(46)38(29)44-36)39-45-42(10)41(8,9)34-14-12-11-13-30(34)24-43(42,48-39)40(5,6)7;/h11-22,46H,24H2,1-10H3;/q-1;/t42-,43-;/m0./s1. The van der Waals surface area contributed by atoms with E-state index in [1.807, 2.05) is 31.2 Å². The van der Waals surface area contributed by atoms with Gasteiger partial charge in [-0.1, -0.05) is 99.8 Å². The third-order valence-corrected chi connectivity index (χ3v) is 11.1. The minimum Gasteiger partial charge on any atom is -0.510 e. The van der Waals surface area contributed by atoms with Gasteiger partial charge in [0, 0.05) is 55.5 Å². The van der Waals surface area contributed by atoms with Gasteiger partial charge in [-0.15, -0.1) is 6.07 Å². The van der Waals surface area contributed by atoms with Crippen molar-refractivity contribution in [3.63, 3.8) is 0 Å². The van der Waals surface area contributed by atoms with Crippen LogP contribution in [0.15, 0.2) is 77.8 Å². The Labute approximate surface area is 305 Å². The maximum Gasteiger partial charge on any atom is 0.217 e. The van der Waals surface area contributed by atoms with Crippen molar-refractivity contribution >= 4 is 16.8 Å². The normalized spacial score (nSPS) is 20.9. The molecule has 0 radical (unpaired) electrons. The molecule has 1 aliphatic carbocycles. The molecule has 0 saturated heterocycles. The van der Waals surface area contributed by atoms with Gasteiger partial charge in [-0.05, 0) is 86.2 Å². The van der Waals surface area contributed by atoms with Gasteiger partial charge in [-0.3, -0.25) is 4.99 Å². The maximum atomic E-state index is 10.7. The Kier molecular flexibility index (Phi) is 8.43. The van der Waals surface area contributed by atoms with E-state index in [0.29, 0.717) is 23.0 Å². The molecule has 2 aliphatic rings. The van der Waals surface area contributed by atoms with E-state index in [1.54, 1.807) is 6.07 Å². The van der Waals surface area contributed by atoms with Crippen molar-refractivity contribution in [1.29, 1.82) is 0 Å². The van der Waals surface area contributed by atoms with Crippen LogP contribution in [-0.4, -0.2) is 27.1 Å². The van der Waals surface area contributed by atoms with Gasteiger partial charge in [0.2, 0.25) is 5.88 Å². The number of pyridine rings is 1. The quantitative estimate of drug-likeness (QED) is 0.183. The second kappa shape index (κ2) is 11.8. The third-order valence-electron chi connectivity index (χ3n) is 11.1. The van der Waals surface area contributed by atoms with Crippen LogP contribution < -0.4 is 4.74 Å². The summed E-state index contributed by atoms with van der Waals surface area (Å²) in [6.07, 6.45) is 0.753. The summed E-state index contributed by atoms with van der Waals surface area (Å²) in [6.45, 7) is 22.1. The Bertz CT molecular complexity index is 2140. The Hall–Kier alpha value is -3.95. The van der Waals surface area contributed by atoms with Gasteiger partial charge in [0.25, 0.3) is 0 Å². The fourth-order valence-electron chi connectivity index (χ4n) is 8.52. The topological polar surface area (TPSA) is 63.9 Å². The number of ether oxygens (including phenoxy) is 2. The van der Waals surface area contributed by atoms with E-state index in [0.717, 1.165) is 34.1 Å². The molecule has 1 aliphatic heterocycles. The van der Waals surface area contributed by atoms with Crippen LogP contribution in [0.2, 0.25) is 0 Å². The average molecular weight is 833 g/mol. The predicted octanol–water partition coefficient (Wildman–Crippen LogP) is 10.3. The van der Waals surface area contributed by atoms with Gasteiger partial charge in [0.05, 0.1) is 5.54 Å². The predicted molar refractivity (Wildman–Crippen MR) is 195 cm³/mol. The van der Waals surface area contributed by atoms with E-state index < -0.39 is 11.1 Å². The Morgan fingerprint density at radius 2 is 1.53 bits per heavy atom. The molecular formula is C43H45N2O3Pt-. The van der Waals surface area contributed by atoms with Crippen LogP contribution in [0.25, 0.3) is 22.0 Å². The molecule has 2 atom stereocenters. The Morgan fingerprint density at radius 3 is 2.22 bits per heavy atom. The molecule has 1 aromatic heterocycles. The summed E-state index contributed by atoms with van der Waals surface area (Å²) < 4.78 is 13.8. The smallest absolute Gasteiger partial charge is 0.217 e. The van der Waals surface area contributed by atoms with E-state index in [9.17, 15) is 5.11 Å². The molecule has 0 unspecified atom stereocenters. The number of benzene rings is 4. The molecule has 4 aromatic carbocycles. The molecule has 0 fully saturated rings. The zero-order valence-electron chi connectivity index (χ0n) is 30.1. The zero-order valence-corrected chi connectivity index (χ0v) is 32.4. The molecule has 6 heteroatoms. The van der Waals surface area contributed by atoms with Gasteiger partial charge in [-0.25, -0.2) is 4.98 Å². The summed E-state index contributed by atoms with van der Waals surface area (Å²) in [7, 11) is 0. The molecule has 7 rings (SSSR count). The van der Waals surface area contributed by atoms with Gasteiger partial charge < -0.3 is 14.6 Å². The maximum absolute atomic E-state index is 10.7. The number of nitrogens with zero attached hydrogens (tertiary/aromatic N) is 2. The van der Waals surface area contributed by atoms with Crippen molar-refractivity contribution in [2.75, 3.05) is 0 Å². The van der Waals surface area contributed by atoms with Crippen molar-refractivity contribution in [2.24, 2.45) is 10.4 Å². The van der Waals surface area contributed by atoms with E-state index >= 15 is 0 Å². The number of hydrogen-bond acceptors (Lipinski definition) is 5. The first kappa shape index (κ1) is 34.9. The number of rotatable bonds is 4. The van der Waals surface area contributed by atoms with Crippen LogP contribution in [0.1, 0.15) is 80.5 Å². The molecule has 2 heterocycles. The Balaban J connectivity index is 0.00000417. The monoisotopic (exact) mass is 832 g/mol. The number of aromatic hydroxyl groups is 1. The molecule has 0 saturated carbocycles. The van der Waals surface area contributed by atoms with Gasteiger partial charge in [-0.2, -0.15) is 0 Å².